The summed E-state index contributed by atoms with van der Waals surface area (Å²) in [6, 6.07) is 0. The molecule has 9 aliphatic rings. The smallest absolute Gasteiger partial charge is 0.410 e. The second-order valence-corrected chi connectivity index (χ2v) is 23.8. The first-order chi connectivity index (χ1) is 36.0. The zero-order valence-corrected chi connectivity index (χ0v) is 46.1. The molecule has 18 nitrogen and oxygen atoms in total. The molecular formula is C58H80N6O12. The molecule has 6 aliphatic heterocycles. The number of aromatic hydroxyl groups is 2. The molecule has 9 atom stereocenters. The number of piperidine rings is 1. The first kappa shape index (κ1) is 55.2. The number of aliphatic hydroxyl groups is 2. The Balaban J connectivity index is 1.06. The molecule has 76 heavy (non-hydrogen) atoms. The fourth-order valence-corrected chi connectivity index (χ4v) is 13.2. The van der Waals surface area contributed by atoms with Crippen LogP contribution >= 0.6 is 0 Å². The maximum absolute atomic E-state index is 15.0. The Hall–Kier alpha value is -5.56. The molecule has 6 heterocycles. The summed E-state index contributed by atoms with van der Waals surface area (Å²) in [5.41, 5.74) is -0.471. The van der Waals surface area contributed by atoms with Crippen LogP contribution < -0.4 is 20.8 Å². The number of benzene rings is 2. The number of hydrogen-bond acceptors (Lipinski definition) is 15. The van der Waals surface area contributed by atoms with Crippen LogP contribution in [0.4, 0.5) is 10.5 Å². The number of nitrogens with zero attached hydrogens (tertiary/aromatic N) is 5. The molecule has 11 rings (SSSR count). The van der Waals surface area contributed by atoms with Crippen molar-refractivity contribution in [2.75, 3.05) is 58.2 Å². The van der Waals surface area contributed by atoms with E-state index in [1.54, 1.807) is 63.8 Å². The van der Waals surface area contributed by atoms with Crippen LogP contribution in [0.5, 0.6) is 17.2 Å². The quantitative estimate of drug-likeness (QED) is 0.203. The highest BCUT2D eigenvalue weighted by Crippen LogP contribution is 2.53. The highest BCUT2D eigenvalue weighted by Gasteiger charge is 2.52. The third-order valence-corrected chi connectivity index (χ3v) is 18.2. The van der Waals surface area contributed by atoms with Gasteiger partial charge >= 0.3 is 11.9 Å². The first-order valence-corrected chi connectivity index (χ1v) is 27.7. The minimum absolute atomic E-state index is 0.0427. The lowest BCUT2D eigenvalue weighted by Crippen LogP contribution is -2.56. The fraction of sp³-hybridized carbons (Fsp3) is 0.655. The average molecular weight is 1050 g/mol. The van der Waals surface area contributed by atoms with E-state index in [1.165, 1.54) is 20.3 Å². The minimum Gasteiger partial charge on any atom is -0.507 e. The number of ether oxygens (including phenoxy) is 4. The Labute approximate surface area is 445 Å². The Morgan fingerprint density at radius 2 is 1.49 bits per heavy atom. The van der Waals surface area contributed by atoms with Crippen molar-refractivity contribution in [3.8, 4) is 17.2 Å². The van der Waals surface area contributed by atoms with E-state index in [1.807, 2.05) is 11.8 Å². The molecule has 1 spiro atoms. The lowest BCUT2D eigenvalue weighted by molar-refractivity contribution is -0.150. The van der Waals surface area contributed by atoms with Gasteiger partial charge in [-0.05, 0) is 70.3 Å². The summed E-state index contributed by atoms with van der Waals surface area (Å²) >= 11 is 0. The second kappa shape index (κ2) is 21.3. The molecule has 3 amide bonds. The van der Waals surface area contributed by atoms with Crippen LogP contribution in [0, 0.1) is 47.8 Å². The van der Waals surface area contributed by atoms with Crippen molar-refractivity contribution in [3.05, 3.63) is 58.0 Å². The molecule has 3 saturated carbocycles. The van der Waals surface area contributed by atoms with E-state index in [2.05, 4.69) is 29.1 Å². The molecule has 0 aromatic heterocycles. The van der Waals surface area contributed by atoms with Gasteiger partial charge in [-0.15, -0.1) is 0 Å². The number of likely N-dealkylation sites (tertiary alicyclic amines) is 1. The number of hydrogen-bond donors (Lipinski definition) is 5. The molecule has 5 N–H and O–H groups in total. The van der Waals surface area contributed by atoms with Crippen LogP contribution in [-0.4, -0.2) is 148 Å². The maximum Gasteiger partial charge on any atom is 0.410 e. The zero-order valence-electron chi connectivity index (χ0n) is 46.1. The van der Waals surface area contributed by atoms with Crippen molar-refractivity contribution in [3.63, 3.8) is 0 Å². The number of piperazine rings is 1. The number of aliphatic hydroxyl groups excluding tert-OH is 2. The number of methoxy groups -OCH3 is 1. The summed E-state index contributed by atoms with van der Waals surface area (Å²) in [5.74, 6) is -5.48. The number of Topliss-reactive ketones (excluding diaryl/α,β-unsaturated/α-hetero) is 1. The lowest BCUT2D eigenvalue weighted by Gasteiger charge is -2.48. The molecule has 18 heteroatoms. The first-order valence-electron chi connectivity index (χ1n) is 27.7. The number of nitrogens with one attached hydrogen (secondary N) is 1. The normalized spacial score (nSPS) is 34.5. The number of carbonyl (C=O) groups excluding carboxylic acids is 4. The van der Waals surface area contributed by atoms with Gasteiger partial charge in [-0.3, -0.25) is 19.4 Å². The third kappa shape index (κ3) is 10.00. The third-order valence-electron chi connectivity index (χ3n) is 18.2. The summed E-state index contributed by atoms with van der Waals surface area (Å²) in [5, 5.41) is 51.7. The Morgan fingerprint density at radius 3 is 2.12 bits per heavy atom. The zero-order chi connectivity index (χ0) is 54.8. The van der Waals surface area contributed by atoms with Gasteiger partial charge in [-0.25, -0.2) is 9.79 Å². The van der Waals surface area contributed by atoms with E-state index in [-0.39, 0.29) is 74.1 Å². The number of fused-ring (bicyclic) bond motifs is 16. The Bertz CT molecular complexity index is 2830. The molecule has 2 aromatic rings. The monoisotopic (exact) mass is 1050 g/mol. The van der Waals surface area contributed by atoms with Gasteiger partial charge < -0.3 is 59.4 Å². The van der Waals surface area contributed by atoms with Crippen molar-refractivity contribution in [2.45, 2.75) is 150 Å². The van der Waals surface area contributed by atoms with Crippen molar-refractivity contribution < 1.29 is 58.6 Å². The molecule has 414 valence electrons. The topological polar surface area (TPSA) is 233 Å². The summed E-state index contributed by atoms with van der Waals surface area (Å²) in [6.45, 7) is 19.7. The Kier molecular flexibility index (Phi) is 15.5. The van der Waals surface area contributed by atoms with Gasteiger partial charge in [0.15, 0.2) is 5.75 Å². The number of phenols is 2. The van der Waals surface area contributed by atoms with Gasteiger partial charge in [0, 0.05) is 118 Å². The largest absolute Gasteiger partial charge is 0.507 e. The Morgan fingerprint density at radius 1 is 0.842 bits per heavy atom. The number of phenolic OH excluding ortho intramolecular Hbond substituents is 2. The van der Waals surface area contributed by atoms with E-state index >= 15 is 4.79 Å². The highest BCUT2D eigenvalue weighted by atomic mass is 16.7. The van der Waals surface area contributed by atoms with E-state index < -0.39 is 83.1 Å². The fourth-order valence-electron chi connectivity index (χ4n) is 13.2. The molecule has 2 saturated heterocycles. The molecule has 0 radical (unpaired) electrons. The summed E-state index contributed by atoms with van der Waals surface area (Å²) in [4.78, 5) is 72.8. The van der Waals surface area contributed by atoms with Crippen LogP contribution in [-0.2, 0) is 23.8 Å². The standard InChI is InChI=1S/C58H80N6O12/c1-31(2)30-62-23-21-58(22-24-62)60-43-40-41-48(67)37(8)51-42(40)52(69)56(9,76-51)74-29-17-39(73-10)34(5)50(75-55(72)64-27-25-63(26-28-64)54(71)57-18-14-38(15-19-57)16-20-57)36(7)47(66)35(6)46(65)32(3)12-11-13-33(4)53(70)59-45(49(41)68)44(43)61-58/h11-13,17,29,31-32,34-36,38-39,46-47,50,60,65-68H,14-16,18-28,30H2,1-10H3/b12-11+,29-17+,33-13-,59-45?/t32-,34+,35+,36+,38?,39-,46-,47+,50+,56-,57?/m0/s1. The summed E-state index contributed by atoms with van der Waals surface area (Å²) in [6.07, 6.45) is 10.2. The van der Waals surface area contributed by atoms with Crippen molar-refractivity contribution >= 4 is 40.2 Å². The van der Waals surface area contributed by atoms with Crippen LogP contribution in [0.3, 0.4) is 0 Å². The van der Waals surface area contributed by atoms with Crippen molar-refractivity contribution in [1.82, 2.24) is 14.7 Å². The second-order valence-electron chi connectivity index (χ2n) is 23.8. The van der Waals surface area contributed by atoms with Gasteiger partial charge in [0.1, 0.15) is 34.0 Å². The maximum atomic E-state index is 15.0. The van der Waals surface area contributed by atoms with Gasteiger partial charge in [0.05, 0.1) is 41.2 Å². The molecule has 3 aliphatic carbocycles. The van der Waals surface area contributed by atoms with E-state index in [0.717, 1.165) is 51.0 Å². The average Bonchev–Trinajstić information content (AvgIpc) is 3.98. The van der Waals surface area contributed by atoms with Gasteiger partial charge in [0.25, 0.3) is 11.7 Å². The molecule has 0 unspecified atom stereocenters. The number of anilines is 1. The van der Waals surface area contributed by atoms with Crippen molar-refractivity contribution in [2.24, 2.45) is 50.9 Å². The summed E-state index contributed by atoms with van der Waals surface area (Å²) < 4.78 is 25.1. The summed E-state index contributed by atoms with van der Waals surface area (Å²) in [7, 11) is 1.48. The van der Waals surface area contributed by atoms with Crippen LogP contribution in [0.1, 0.15) is 123 Å². The van der Waals surface area contributed by atoms with E-state index in [4.69, 9.17) is 23.9 Å². The SMILES string of the molecule is CO[C@H]1/C=C/O[C@@]2(C)Oc3c(C)c(O)c4c(O)c(c5c(c4c3C2=O)NC2(CCN(CC(C)C)CC2)N=5)=NC(=O)/C(C)=C\C=C\[C@H](C)[C@H](O)[C@@H](C)[C@@H](O)[C@@H](C)[C@H](OC(=O)N2CCN(C(=O)C34CCC(CC3)CC4)CC2)[C@@H]1C. The number of amides is 3. The van der Waals surface area contributed by atoms with Crippen LogP contribution in [0.25, 0.3) is 10.8 Å². The predicted molar refractivity (Wildman–Crippen MR) is 284 cm³/mol. The molecule has 2 aromatic carbocycles. The number of carbonyl (C=O) groups is 4. The number of rotatable bonds is 5. The van der Waals surface area contributed by atoms with Crippen molar-refractivity contribution in [1.29, 1.82) is 0 Å². The number of allylic oxidation sites excluding steroid dienone is 2. The van der Waals surface area contributed by atoms with Crippen LogP contribution in [0.2, 0.25) is 0 Å². The highest BCUT2D eigenvalue weighted by molar-refractivity contribution is 6.21. The molecule has 5 fully saturated rings. The predicted octanol–water partition coefficient (Wildman–Crippen LogP) is 6.44. The number of ketones is 1. The van der Waals surface area contributed by atoms with Crippen LogP contribution in [0.15, 0.2) is 46.1 Å². The molecular weight excluding hydrogens is 973 g/mol. The van der Waals surface area contributed by atoms with E-state index in [0.29, 0.717) is 50.6 Å². The lowest BCUT2D eigenvalue weighted by atomic mass is 9.60. The molecule has 7 bridgehead atoms. The van der Waals surface area contributed by atoms with Gasteiger partial charge in [0.2, 0.25) is 5.91 Å². The van der Waals surface area contributed by atoms with Gasteiger partial charge in [-0.2, -0.15) is 0 Å². The van der Waals surface area contributed by atoms with Gasteiger partial charge in [-0.1, -0.05) is 59.8 Å². The van der Waals surface area contributed by atoms with E-state index in [9.17, 15) is 34.8 Å². The minimum atomic E-state index is -2.00.